The van der Waals surface area contributed by atoms with Crippen LogP contribution in [0.25, 0.3) is 10.8 Å². The Morgan fingerprint density at radius 1 is 1.29 bits per heavy atom. The van der Waals surface area contributed by atoms with Gasteiger partial charge in [0.15, 0.2) is 6.29 Å². The molecule has 21 heavy (non-hydrogen) atoms. The Hall–Kier alpha value is -2.60. The molecule has 6 heteroatoms. The quantitative estimate of drug-likeness (QED) is 0.660. The minimum Gasteiger partial charge on any atom is -0.507 e. The molecule has 0 fully saturated rings. The van der Waals surface area contributed by atoms with E-state index < -0.39 is 17.8 Å². The lowest BCUT2D eigenvalue weighted by Gasteiger charge is -2.16. The number of ether oxygens (including phenoxy) is 2. The second kappa shape index (κ2) is 5.80. The van der Waals surface area contributed by atoms with Crippen LogP contribution in [0.3, 0.4) is 0 Å². The first-order chi connectivity index (χ1) is 10.0. The topological polar surface area (TPSA) is 93.1 Å². The molecule has 2 N–H and O–H groups in total. The highest BCUT2D eigenvalue weighted by Gasteiger charge is 2.26. The van der Waals surface area contributed by atoms with E-state index in [0.29, 0.717) is 11.7 Å². The average Bonchev–Trinajstić information content (AvgIpc) is 2.48. The summed E-state index contributed by atoms with van der Waals surface area (Å²) < 4.78 is 9.64. The molecule has 0 aliphatic heterocycles. The minimum absolute atomic E-state index is 0.113. The van der Waals surface area contributed by atoms with E-state index >= 15 is 0 Å². The van der Waals surface area contributed by atoms with Crippen molar-refractivity contribution in [3.63, 3.8) is 0 Å². The van der Waals surface area contributed by atoms with Gasteiger partial charge in [0.05, 0.1) is 12.5 Å². The van der Waals surface area contributed by atoms with Gasteiger partial charge in [-0.05, 0) is 17.5 Å². The van der Waals surface area contributed by atoms with E-state index in [9.17, 15) is 19.8 Å². The van der Waals surface area contributed by atoms with Crippen molar-refractivity contribution in [2.75, 3.05) is 14.2 Å². The largest absolute Gasteiger partial charge is 0.507 e. The standard InChI is InChI=1S/C15H14O6/c1-20-11(7-16)9-6-8-4-3-5-10(17)12(8)14(18)13(9)15(19)21-2/h3-7,11,17-18H,1-2H3. The van der Waals surface area contributed by atoms with Crippen LogP contribution in [0.5, 0.6) is 11.5 Å². The van der Waals surface area contributed by atoms with E-state index in [4.69, 9.17) is 4.74 Å². The van der Waals surface area contributed by atoms with Crippen LogP contribution in [-0.2, 0) is 14.3 Å². The van der Waals surface area contributed by atoms with Crippen molar-refractivity contribution >= 4 is 23.0 Å². The number of hydrogen-bond acceptors (Lipinski definition) is 6. The molecule has 0 amide bonds. The Labute approximate surface area is 120 Å². The molecule has 0 heterocycles. The smallest absolute Gasteiger partial charge is 0.342 e. The van der Waals surface area contributed by atoms with Crippen LogP contribution in [0.4, 0.5) is 0 Å². The SMILES string of the molecule is COC(=O)c1c(C(C=O)OC)cc2cccc(O)c2c1O. The molecule has 0 aliphatic carbocycles. The Balaban J connectivity index is 2.89. The average molecular weight is 290 g/mol. The Kier molecular flexibility index (Phi) is 4.09. The molecular formula is C15H14O6. The summed E-state index contributed by atoms with van der Waals surface area (Å²) in [6, 6.07) is 6.11. The van der Waals surface area contributed by atoms with Crippen molar-refractivity contribution in [3.05, 3.63) is 35.4 Å². The lowest BCUT2D eigenvalue weighted by atomic mass is 9.95. The third kappa shape index (κ3) is 2.41. The maximum absolute atomic E-state index is 11.9. The van der Waals surface area contributed by atoms with E-state index in [2.05, 4.69) is 4.74 Å². The van der Waals surface area contributed by atoms with Crippen molar-refractivity contribution < 1.29 is 29.3 Å². The molecule has 0 spiro atoms. The summed E-state index contributed by atoms with van der Waals surface area (Å²) in [7, 11) is 2.47. The van der Waals surface area contributed by atoms with Gasteiger partial charge in [0.25, 0.3) is 0 Å². The van der Waals surface area contributed by atoms with Gasteiger partial charge in [-0.15, -0.1) is 0 Å². The summed E-state index contributed by atoms with van der Waals surface area (Å²) in [5, 5.41) is 20.8. The highest BCUT2D eigenvalue weighted by molar-refractivity contribution is 6.05. The van der Waals surface area contributed by atoms with E-state index in [1.165, 1.54) is 19.2 Å². The number of carbonyl (C=O) groups excluding carboxylic acids is 2. The second-order valence-electron chi connectivity index (χ2n) is 4.35. The Morgan fingerprint density at radius 2 is 2.00 bits per heavy atom. The normalized spacial score (nSPS) is 12.1. The molecular weight excluding hydrogens is 276 g/mol. The first kappa shape index (κ1) is 14.8. The number of phenolic OH excluding ortho intramolecular Hbond substituents is 2. The van der Waals surface area contributed by atoms with Crippen molar-refractivity contribution in [2.45, 2.75) is 6.10 Å². The van der Waals surface area contributed by atoms with Crippen LogP contribution in [-0.4, -0.2) is 36.7 Å². The lowest BCUT2D eigenvalue weighted by molar-refractivity contribution is -0.116. The van der Waals surface area contributed by atoms with Crippen LogP contribution in [0.15, 0.2) is 24.3 Å². The van der Waals surface area contributed by atoms with Gasteiger partial charge < -0.3 is 24.5 Å². The van der Waals surface area contributed by atoms with Crippen LogP contribution in [0.1, 0.15) is 22.0 Å². The molecule has 0 bridgehead atoms. The summed E-state index contributed by atoms with van der Waals surface area (Å²) >= 11 is 0. The molecule has 2 rings (SSSR count). The molecule has 0 radical (unpaired) electrons. The summed E-state index contributed by atoms with van der Waals surface area (Å²) in [5.74, 6) is -1.45. The summed E-state index contributed by atoms with van der Waals surface area (Å²) in [4.78, 5) is 23.0. The van der Waals surface area contributed by atoms with Crippen LogP contribution >= 0.6 is 0 Å². The zero-order valence-corrected chi connectivity index (χ0v) is 11.5. The fraction of sp³-hybridized carbons (Fsp3) is 0.200. The van der Waals surface area contributed by atoms with Gasteiger partial charge in [-0.1, -0.05) is 12.1 Å². The third-order valence-corrected chi connectivity index (χ3v) is 3.22. The summed E-state index contributed by atoms with van der Waals surface area (Å²) in [6.07, 6.45) is -0.521. The Morgan fingerprint density at radius 3 is 2.57 bits per heavy atom. The number of aldehydes is 1. The first-order valence-corrected chi connectivity index (χ1v) is 6.09. The number of hydrogen-bond donors (Lipinski definition) is 2. The fourth-order valence-electron chi connectivity index (χ4n) is 2.23. The van der Waals surface area contributed by atoms with Gasteiger partial charge in [0, 0.05) is 12.7 Å². The van der Waals surface area contributed by atoms with E-state index in [1.807, 2.05) is 0 Å². The van der Waals surface area contributed by atoms with Gasteiger partial charge in [0.2, 0.25) is 0 Å². The number of methoxy groups -OCH3 is 2. The zero-order chi connectivity index (χ0) is 15.6. The van der Waals surface area contributed by atoms with E-state index in [-0.39, 0.29) is 22.3 Å². The monoisotopic (exact) mass is 290 g/mol. The molecule has 1 atom stereocenters. The highest BCUT2D eigenvalue weighted by atomic mass is 16.5. The van der Waals surface area contributed by atoms with Gasteiger partial charge >= 0.3 is 5.97 Å². The molecule has 2 aromatic carbocycles. The molecule has 0 saturated heterocycles. The molecule has 0 aromatic heterocycles. The van der Waals surface area contributed by atoms with Crippen LogP contribution < -0.4 is 0 Å². The van der Waals surface area contributed by atoms with Gasteiger partial charge in [-0.25, -0.2) is 4.79 Å². The van der Waals surface area contributed by atoms with Gasteiger partial charge in [-0.3, -0.25) is 0 Å². The zero-order valence-electron chi connectivity index (χ0n) is 11.5. The molecule has 1 unspecified atom stereocenters. The first-order valence-electron chi connectivity index (χ1n) is 6.09. The van der Waals surface area contributed by atoms with Crippen molar-refractivity contribution in [3.8, 4) is 11.5 Å². The molecule has 0 saturated carbocycles. The number of fused-ring (bicyclic) bond motifs is 1. The minimum atomic E-state index is -1.03. The van der Waals surface area contributed by atoms with Crippen molar-refractivity contribution in [1.82, 2.24) is 0 Å². The number of benzene rings is 2. The highest BCUT2D eigenvalue weighted by Crippen LogP contribution is 2.39. The van der Waals surface area contributed by atoms with Crippen LogP contribution in [0, 0.1) is 0 Å². The predicted octanol–water partition coefficient (Wildman–Crippen LogP) is 1.92. The maximum Gasteiger partial charge on any atom is 0.342 e. The van der Waals surface area contributed by atoms with Crippen molar-refractivity contribution in [1.29, 1.82) is 0 Å². The second-order valence-corrected chi connectivity index (χ2v) is 4.35. The maximum atomic E-state index is 11.9. The number of esters is 1. The third-order valence-electron chi connectivity index (χ3n) is 3.22. The number of rotatable bonds is 4. The van der Waals surface area contributed by atoms with Gasteiger partial charge in [-0.2, -0.15) is 0 Å². The molecule has 2 aromatic rings. The molecule has 6 nitrogen and oxygen atoms in total. The fourth-order valence-corrected chi connectivity index (χ4v) is 2.23. The van der Waals surface area contributed by atoms with Gasteiger partial charge in [0.1, 0.15) is 23.2 Å². The molecule has 0 aliphatic rings. The van der Waals surface area contributed by atoms with Crippen LogP contribution in [0.2, 0.25) is 0 Å². The summed E-state index contributed by atoms with van der Waals surface area (Å²) in [6.45, 7) is 0. The van der Waals surface area contributed by atoms with E-state index in [0.717, 1.165) is 7.11 Å². The number of phenols is 2. The lowest BCUT2D eigenvalue weighted by Crippen LogP contribution is -2.12. The summed E-state index contributed by atoms with van der Waals surface area (Å²) in [5.41, 5.74) is -0.0274. The van der Waals surface area contributed by atoms with Crippen molar-refractivity contribution in [2.24, 2.45) is 0 Å². The predicted molar refractivity (Wildman–Crippen MR) is 74.4 cm³/mol. The Bertz CT molecular complexity index is 707. The molecule has 110 valence electrons. The van der Waals surface area contributed by atoms with E-state index in [1.54, 1.807) is 12.1 Å². The number of aromatic hydroxyl groups is 2. The number of carbonyl (C=O) groups is 2.